The Bertz CT molecular complexity index is 597. The third-order valence-electron chi connectivity index (χ3n) is 4.99. The topological polar surface area (TPSA) is 62.8 Å². The van der Waals surface area contributed by atoms with E-state index in [4.69, 9.17) is 4.74 Å². The molecule has 0 amide bonds. The molecule has 2 saturated carbocycles. The molecule has 0 aliphatic heterocycles. The molecule has 1 aromatic carbocycles. The van der Waals surface area contributed by atoms with Crippen molar-refractivity contribution in [3.63, 3.8) is 0 Å². The molecule has 2 aromatic rings. The summed E-state index contributed by atoms with van der Waals surface area (Å²) < 4.78 is 5.50. The Morgan fingerprint density at radius 3 is 2.60 bits per heavy atom. The molecule has 2 fully saturated rings. The highest BCUT2D eigenvalue weighted by molar-refractivity contribution is 5.77. The lowest BCUT2D eigenvalue weighted by Crippen LogP contribution is -2.18. The van der Waals surface area contributed by atoms with E-state index in [0.717, 1.165) is 28.6 Å². The van der Waals surface area contributed by atoms with Gasteiger partial charge >= 0.3 is 0 Å². The third-order valence-corrected chi connectivity index (χ3v) is 4.99. The smallest absolute Gasteiger partial charge is 0.115 e. The number of hydrogen-bond acceptors (Lipinski definition) is 4. The summed E-state index contributed by atoms with van der Waals surface area (Å²) in [6.07, 6.45) is 5.50. The number of H-pyrrole nitrogens is 1. The zero-order valence-corrected chi connectivity index (χ0v) is 11.7. The molecule has 1 heterocycles. The van der Waals surface area contributed by atoms with Crippen molar-refractivity contribution in [2.45, 2.75) is 37.8 Å². The van der Waals surface area contributed by atoms with Gasteiger partial charge in [0.2, 0.25) is 0 Å². The minimum atomic E-state index is 0.498. The highest BCUT2D eigenvalue weighted by Gasteiger charge is 2.41. The van der Waals surface area contributed by atoms with Gasteiger partial charge in [-0.1, -0.05) is 0 Å². The van der Waals surface area contributed by atoms with Crippen molar-refractivity contribution in [3.05, 3.63) is 18.2 Å². The van der Waals surface area contributed by atoms with Crippen molar-refractivity contribution in [2.75, 3.05) is 12.4 Å². The van der Waals surface area contributed by atoms with Gasteiger partial charge in [0.25, 0.3) is 0 Å². The number of fused-ring (bicyclic) bond motifs is 2. The molecular formula is C15H20N4O. The van der Waals surface area contributed by atoms with Crippen LogP contribution in [0, 0.1) is 11.8 Å². The summed E-state index contributed by atoms with van der Waals surface area (Å²) in [4.78, 5) is 0. The highest BCUT2D eigenvalue weighted by atomic mass is 16.5. The first-order valence-electron chi connectivity index (χ1n) is 7.41. The summed E-state index contributed by atoms with van der Waals surface area (Å²) in [5, 5.41) is 14.5. The normalized spacial score (nSPS) is 32.6. The average Bonchev–Trinajstić information content (AvgIpc) is 3.11. The number of methoxy groups -OCH3 is 1. The fourth-order valence-electron chi connectivity index (χ4n) is 4.04. The monoisotopic (exact) mass is 272 g/mol. The number of nitrogens with zero attached hydrogens (tertiary/aromatic N) is 2. The fraction of sp³-hybridized carbons (Fsp3) is 0.600. The van der Waals surface area contributed by atoms with Crippen LogP contribution in [0.15, 0.2) is 18.2 Å². The van der Waals surface area contributed by atoms with Crippen molar-refractivity contribution in [2.24, 2.45) is 11.8 Å². The van der Waals surface area contributed by atoms with Crippen LogP contribution in [-0.2, 0) is 4.74 Å². The second-order valence-corrected chi connectivity index (χ2v) is 6.19. The Labute approximate surface area is 118 Å². The largest absolute Gasteiger partial charge is 0.382 e. The molecule has 2 unspecified atom stereocenters. The number of aromatic amines is 1. The van der Waals surface area contributed by atoms with E-state index in [-0.39, 0.29) is 0 Å². The van der Waals surface area contributed by atoms with Gasteiger partial charge in [-0.2, -0.15) is 15.4 Å². The van der Waals surface area contributed by atoms with Crippen molar-refractivity contribution in [1.29, 1.82) is 0 Å². The van der Waals surface area contributed by atoms with E-state index in [1.54, 1.807) is 0 Å². The molecular weight excluding hydrogens is 252 g/mol. The van der Waals surface area contributed by atoms with Crippen LogP contribution in [0.1, 0.15) is 25.7 Å². The second kappa shape index (κ2) is 4.74. The number of ether oxygens (including phenoxy) is 1. The molecule has 2 aliphatic rings. The van der Waals surface area contributed by atoms with E-state index in [9.17, 15) is 0 Å². The first-order chi connectivity index (χ1) is 9.81. The minimum absolute atomic E-state index is 0.498. The van der Waals surface area contributed by atoms with Gasteiger partial charge in [0.15, 0.2) is 0 Å². The fourth-order valence-corrected chi connectivity index (χ4v) is 4.04. The number of rotatable bonds is 3. The Kier molecular flexibility index (Phi) is 2.88. The lowest BCUT2D eigenvalue weighted by Gasteiger charge is -2.16. The van der Waals surface area contributed by atoms with Crippen molar-refractivity contribution in [3.8, 4) is 0 Å². The summed E-state index contributed by atoms with van der Waals surface area (Å²) in [7, 11) is 1.84. The van der Waals surface area contributed by atoms with Crippen LogP contribution in [0.5, 0.6) is 0 Å². The number of benzene rings is 1. The molecule has 0 bridgehead atoms. The third kappa shape index (κ3) is 2.06. The van der Waals surface area contributed by atoms with Crippen LogP contribution in [0.25, 0.3) is 11.0 Å². The Morgan fingerprint density at radius 1 is 1.10 bits per heavy atom. The standard InChI is InChI=1S/C15H20N4O/c1-20-13-6-9-4-12(5-10(9)7-13)16-11-2-3-14-15(8-11)18-19-17-14/h2-3,8-10,12-13,16H,4-7H2,1H3,(H,17,18,19)/t9-,10+,12?,13?. The van der Waals surface area contributed by atoms with Crippen molar-refractivity contribution >= 4 is 16.7 Å². The molecule has 1 aromatic heterocycles. The molecule has 0 radical (unpaired) electrons. The van der Waals surface area contributed by atoms with E-state index < -0.39 is 0 Å². The van der Waals surface area contributed by atoms with Crippen LogP contribution in [0.4, 0.5) is 5.69 Å². The van der Waals surface area contributed by atoms with Crippen LogP contribution in [0.3, 0.4) is 0 Å². The molecule has 20 heavy (non-hydrogen) atoms. The second-order valence-electron chi connectivity index (χ2n) is 6.19. The average molecular weight is 272 g/mol. The SMILES string of the molecule is COC1C[C@H]2CC(Nc3ccc4n[nH]nc4c3)C[C@H]2C1. The highest BCUT2D eigenvalue weighted by Crippen LogP contribution is 2.45. The van der Waals surface area contributed by atoms with Crippen LogP contribution >= 0.6 is 0 Å². The zero-order chi connectivity index (χ0) is 13.5. The van der Waals surface area contributed by atoms with Gasteiger partial charge in [0.1, 0.15) is 11.0 Å². The van der Waals surface area contributed by atoms with Crippen LogP contribution in [0.2, 0.25) is 0 Å². The summed E-state index contributed by atoms with van der Waals surface area (Å²) in [6.45, 7) is 0. The van der Waals surface area contributed by atoms with Crippen molar-refractivity contribution in [1.82, 2.24) is 15.4 Å². The van der Waals surface area contributed by atoms with E-state index in [1.807, 2.05) is 13.2 Å². The maximum Gasteiger partial charge on any atom is 0.115 e. The Balaban J connectivity index is 1.43. The molecule has 5 nitrogen and oxygen atoms in total. The maximum absolute atomic E-state index is 5.50. The molecule has 0 spiro atoms. The molecule has 4 rings (SSSR count). The summed E-state index contributed by atoms with van der Waals surface area (Å²) in [5.41, 5.74) is 2.99. The van der Waals surface area contributed by atoms with Gasteiger partial charge < -0.3 is 10.1 Å². The van der Waals surface area contributed by atoms with Gasteiger partial charge in [-0.3, -0.25) is 0 Å². The first kappa shape index (κ1) is 12.1. The van der Waals surface area contributed by atoms with E-state index in [0.29, 0.717) is 12.1 Å². The summed E-state index contributed by atoms with van der Waals surface area (Å²) in [6, 6.07) is 6.77. The number of hydrogen-bond donors (Lipinski definition) is 2. The van der Waals surface area contributed by atoms with Gasteiger partial charge in [-0.25, -0.2) is 0 Å². The van der Waals surface area contributed by atoms with Crippen molar-refractivity contribution < 1.29 is 4.74 Å². The van der Waals surface area contributed by atoms with Gasteiger partial charge in [0, 0.05) is 18.8 Å². The molecule has 0 saturated heterocycles. The summed E-state index contributed by atoms with van der Waals surface area (Å²) >= 11 is 0. The zero-order valence-electron chi connectivity index (χ0n) is 11.7. The lowest BCUT2D eigenvalue weighted by atomic mass is 10.0. The minimum Gasteiger partial charge on any atom is -0.382 e. The molecule has 4 atom stereocenters. The van der Waals surface area contributed by atoms with E-state index in [2.05, 4.69) is 32.9 Å². The van der Waals surface area contributed by atoms with Crippen LogP contribution < -0.4 is 5.32 Å². The predicted molar refractivity (Wildman–Crippen MR) is 77.5 cm³/mol. The van der Waals surface area contributed by atoms with Gasteiger partial charge in [-0.05, 0) is 55.7 Å². The van der Waals surface area contributed by atoms with Gasteiger partial charge in [0.05, 0.1) is 6.10 Å². The quantitative estimate of drug-likeness (QED) is 0.901. The van der Waals surface area contributed by atoms with Crippen LogP contribution in [-0.4, -0.2) is 34.7 Å². The molecule has 106 valence electrons. The molecule has 2 N–H and O–H groups in total. The number of nitrogens with one attached hydrogen (secondary N) is 2. The van der Waals surface area contributed by atoms with E-state index >= 15 is 0 Å². The first-order valence-corrected chi connectivity index (χ1v) is 7.41. The Morgan fingerprint density at radius 2 is 1.85 bits per heavy atom. The van der Waals surface area contributed by atoms with E-state index in [1.165, 1.54) is 25.7 Å². The number of aromatic nitrogens is 3. The molecule has 2 aliphatic carbocycles. The number of anilines is 1. The van der Waals surface area contributed by atoms with Gasteiger partial charge in [-0.15, -0.1) is 0 Å². The Hall–Kier alpha value is -1.62. The molecule has 5 heteroatoms. The summed E-state index contributed by atoms with van der Waals surface area (Å²) in [5.74, 6) is 1.68. The maximum atomic E-state index is 5.50. The predicted octanol–water partition coefficient (Wildman–Crippen LogP) is 2.57. The lowest BCUT2D eigenvalue weighted by molar-refractivity contribution is 0.101.